The summed E-state index contributed by atoms with van der Waals surface area (Å²) in [5.74, 6) is -4.67. The predicted octanol–water partition coefficient (Wildman–Crippen LogP) is -1.81. The van der Waals surface area contributed by atoms with Crippen LogP contribution in [0.5, 0.6) is 0 Å². The first-order valence-electron chi connectivity index (χ1n) is 7.42. The maximum absolute atomic E-state index is 12.5. The first kappa shape index (κ1) is 19.6. The lowest BCUT2D eigenvalue weighted by molar-refractivity contribution is -0.142. The number of nitrogens with two attached hydrogens (primary N) is 1. The number of ketones is 1. The number of hydrogen-bond acceptors (Lipinski definition) is 6. The summed E-state index contributed by atoms with van der Waals surface area (Å²) in [6.07, 6.45) is -0.630. The number of carboxylic acid groups (broad SMARTS) is 2. The normalized spacial score (nSPS) is 19.7. The molecule has 10 nitrogen and oxygen atoms in total. The standard InChI is InChI=1S/C14H21N3O7/c1-7(15)14(24)16-9(2-3-11(19)20)13(23)8-4-10(18)17(5-8)6-12(21)22/h7-9H,2-6,15H2,1H3,(H,16,24)(H,19,20)(H,21,22)/t7-,8-,9-/m0/s1. The van der Waals surface area contributed by atoms with Gasteiger partial charge in [0.1, 0.15) is 6.54 Å². The molecule has 0 unspecified atom stereocenters. The summed E-state index contributed by atoms with van der Waals surface area (Å²) < 4.78 is 0. The Kier molecular flexibility index (Phi) is 6.83. The van der Waals surface area contributed by atoms with E-state index in [-0.39, 0.29) is 25.8 Å². The van der Waals surface area contributed by atoms with E-state index in [0.717, 1.165) is 4.90 Å². The highest BCUT2D eigenvalue weighted by atomic mass is 16.4. The lowest BCUT2D eigenvalue weighted by atomic mass is 9.94. The second-order valence-corrected chi connectivity index (χ2v) is 5.75. The van der Waals surface area contributed by atoms with Crippen molar-refractivity contribution in [3.05, 3.63) is 0 Å². The van der Waals surface area contributed by atoms with Gasteiger partial charge in [-0.1, -0.05) is 0 Å². The molecule has 0 radical (unpaired) electrons. The molecular formula is C14H21N3O7. The maximum Gasteiger partial charge on any atom is 0.323 e. The van der Waals surface area contributed by atoms with Gasteiger partial charge in [-0.05, 0) is 13.3 Å². The van der Waals surface area contributed by atoms with E-state index in [1.807, 2.05) is 0 Å². The van der Waals surface area contributed by atoms with Crippen LogP contribution in [-0.4, -0.2) is 69.8 Å². The van der Waals surface area contributed by atoms with Gasteiger partial charge in [-0.3, -0.25) is 24.0 Å². The summed E-state index contributed by atoms with van der Waals surface area (Å²) >= 11 is 0. The van der Waals surface area contributed by atoms with E-state index in [1.54, 1.807) is 0 Å². The van der Waals surface area contributed by atoms with Crippen molar-refractivity contribution in [3.8, 4) is 0 Å². The topological polar surface area (TPSA) is 167 Å². The largest absolute Gasteiger partial charge is 0.481 e. The zero-order valence-corrected chi connectivity index (χ0v) is 13.2. The van der Waals surface area contributed by atoms with Crippen LogP contribution in [0.1, 0.15) is 26.2 Å². The van der Waals surface area contributed by atoms with Crippen molar-refractivity contribution >= 4 is 29.5 Å². The molecule has 1 aliphatic heterocycles. The fourth-order valence-electron chi connectivity index (χ4n) is 2.42. The molecule has 0 aromatic heterocycles. The molecule has 0 aliphatic carbocycles. The summed E-state index contributed by atoms with van der Waals surface area (Å²) in [5, 5.41) is 19.9. The second kappa shape index (κ2) is 8.39. The average molecular weight is 343 g/mol. The van der Waals surface area contributed by atoms with Crippen LogP contribution in [0.2, 0.25) is 0 Å². The van der Waals surface area contributed by atoms with Crippen molar-refractivity contribution < 1.29 is 34.2 Å². The van der Waals surface area contributed by atoms with Gasteiger partial charge >= 0.3 is 11.9 Å². The predicted molar refractivity (Wildman–Crippen MR) is 79.8 cm³/mol. The molecule has 3 atom stereocenters. The monoisotopic (exact) mass is 343 g/mol. The van der Waals surface area contributed by atoms with Crippen LogP contribution in [0.4, 0.5) is 0 Å². The maximum atomic E-state index is 12.5. The van der Waals surface area contributed by atoms with E-state index in [2.05, 4.69) is 5.32 Å². The van der Waals surface area contributed by atoms with E-state index < -0.39 is 54.1 Å². The molecule has 1 fully saturated rings. The van der Waals surface area contributed by atoms with Crippen molar-refractivity contribution in [2.45, 2.75) is 38.3 Å². The zero-order chi connectivity index (χ0) is 18.4. The van der Waals surface area contributed by atoms with E-state index in [0.29, 0.717) is 0 Å². The number of rotatable bonds is 9. The van der Waals surface area contributed by atoms with Crippen molar-refractivity contribution in [2.75, 3.05) is 13.1 Å². The molecule has 10 heteroatoms. The number of carboxylic acids is 2. The van der Waals surface area contributed by atoms with Crippen LogP contribution in [0.15, 0.2) is 0 Å². The summed E-state index contributed by atoms with van der Waals surface area (Å²) in [6.45, 7) is 0.845. The lowest BCUT2D eigenvalue weighted by Gasteiger charge is -2.21. The molecule has 1 saturated heterocycles. The van der Waals surface area contributed by atoms with Crippen molar-refractivity contribution in [3.63, 3.8) is 0 Å². The van der Waals surface area contributed by atoms with Crippen LogP contribution in [-0.2, 0) is 24.0 Å². The van der Waals surface area contributed by atoms with Gasteiger partial charge in [0.15, 0.2) is 5.78 Å². The van der Waals surface area contributed by atoms with E-state index in [1.165, 1.54) is 6.92 Å². The Labute approximate surface area is 138 Å². The van der Waals surface area contributed by atoms with Crippen LogP contribution >= 0.6 is 0 Å². The highest BCUT2D eigenvalue weighted by molar-refractivity contribution is 5.96. The number of hydrogen-bond donors (Lipinski definition) is 4. The molecule has 0 aromatic carbocycles. The van der Waals surface area contributed by atoms with Crippen molar-refractivity contribution in [1.29, 1.82) is 0 Å². The Hall–Kier alpha value is -2.49. The van der Waals surface area contributed by atoms with Crippen LogP contribution < -0.4 is 11.1 Å². The van der Waals surface area contributed by atoms with Crippen LogP contribution in [0, 0.1) is 5.92 Å². The molecule has 0 saturated carbocycles. The van der Waals surface area contributed by atoms with E-state index >= 15 is 0 Å². The fourth-order valence-corrected chi connectivity index (χ4v) is 2.42. The number of nitrogens with one attached hydrogen (secondary N) is 1. The number of likely N-dealkylation sites (tertiary alicyclic amines) is 1. The smallest absolute Gasteiger partial charge is 0.323 e. The quantitative estimate of drug-likeness (QED) is 0.380. The number of carbonyl (C=O) groups excluding carboxylic acids is 3. The number of carbonyl (C=O) groups is 5. The third-order valence-corrected chi connectivity index (χ3v) is 3.66. The van der Waals surface area contributed by atoms with Gasteiger partial charge in [0, 0.05) is 25.3 Å². The summed E-state index contributed by atoms with van der Waals surface area (Å²) in [6, 6.07) is -1.96. The van der Waals surface area contributed by atoms with Gasteiger partial charge in [-0.25, -0.2) is 0 Å². The van der Waals surface area contributed by atoms with E-state index in [4.69, 9.17) is 15.9 Å². The molecule has 2 amide bonds. The van der Waals surface area contributed by atoms with Gasteiger partial charge in [0.25, 0.3) is 0 Å². The molecule has 134 valence electrons. The second-order valence-electron chi connectivity index (χ2n) is 5.75. The third kappa shape index (κ3) is 5.61. The molecule has 1 rings (SSSR count). The van der Waals surface area contributed by atoms with Crippen molar-refractivity contribution in [1.82, 2.24) is 10.2 Å². The number of amides is 2. The minimum atomic E-state index is -1.19. The number of Topliss-reactive ketones (excluding diaryl/α,β-unsaturated/α-hetero) is 1. The lowest BCUT2D eigenvalue weighted by Crippen LogP contribution is -2.49. The molecular weight excluding hydrogens is 322 g/mol. The Bertz CT molecular complexity index is 546. The van der Waals surface area contributed by atoms with Crippen LogP contribution in [0.25, 0.3) is 0 Å². The molecule has 1 aliphatic rings. The van der Waals surface area contributed by atoms with Crippen molar-refractivity contribution in [2.24, 2.45) is 11.7 Å². The molecule has 1 heterocycles. The Morgan fingerprint density at radius 1 is 1.29 bits per heavy atom. The molecule has 5 N–H and O–H groups in total. The first-order valence-corrected chi connectivity index (χ1v) is 7.42. The number of nitrogens with zero attached hydrogens (tertiary/aromatic N) is 1. The molecule has 0 bridgehead atoms. The Morgan fingerprint density at radius 3 is 2.42 bits per heavy atom. The van der Waals surface area contributed by atoms with Gasteiger partial charge in [-0.15, -0.1) is 0 Å². The molecule has 24 heavy (non-hydrogen) atoms. The van der Waals surface area contributed by atoms with Gasteiger partial charge in [-0.2, -0.15) is 0 Å². The van der Waals surface area contributed by atoms with Crippen LogP contribution in [0.3, 0.4) is 0 Å². The minimum absolute atomic E-state index is 0.0679. The van der Waals surface area contributed by atoms with E-state index in [9.17, 15) is 24.0 Å². The first-order chi connectivity index (χ1) is 11.1. The average Bonchev–Trinajstić information content (AvgIpc) is 2.82. The fraction of sp³-hybridized carbons (Fsp3) is 0.643. The SMILES string of the molecule is C[C@H](N)C(=O)N[C@@H](CCC(=O)O)C(=O)[C@H]1CC(=O)N(CC(=O)O)C1. The highest BCUT2D eigenvalue weighted by Crippen LogP contribution is 2.21. The zero-order valence-electron chi connectivity index (χ0n) is 13.2. The Morgan fingerprint density at radius 2 is 1.92 bits per heavy atom. The molecule has 0 spiro atoms. The van der Waals surface area contributed by atoms with Gasteiger partial charge in [0.2, 0.25) is 11.8 Å². The van der Waals surface area contributed by atoms with Gasteiger partial charge < -0.3 is 26.2 Å². The molecule has 0 aromatic rings. The summed E-state index contributed by atoms with van der Waals surface area (Å²) in [4.78, 5) is 58.4. The summed E-state index contributed by atoms with van der Waals surface area (Å²) in [5.41, 5.74) is 5.43. The number of aliphatic carboxylic acids is 2. The minimum Gasteiger partial charge on any atom is -0.481 e. The summed E-state index contributed by atoms with van der Waals surface area (Å²) in [7, 11) is 0. The van der Waals surface area contributed by atoms with Gasteiger partial charge in [0.05, 0.1) is 12.1 Å². The third-order valence-electron chi connectivity index (χ3n) is 3.66. The highest BCUT2D eigenvalue weighted by Gasteiger charge is 2.38. The Balaban J connectivity index is 2.79.